The van der Waals surface area contributed by atoms with E-state index in [2.05, 4.69) is 15.3 Å². The Balaban J connectivity index is 1.85. The molecule has 22 heavy (non-hydrogen) atoms. The quantitative estimate of drug-likeness (QED) is 0.565. The van der Waals surface area contributed by atoms with Gasteiger partial charge < -0.3 is 4.57 Å². The maximum Gasteiger partial charge on any atom is 0.280 e. The summed E-state index contributed by atoms with van der Waals surface area (Å²) in [6.07, 6.45) is 3.41. The number of fused-ring (bicyclic) bond motifs is 3. The summed E-state index contributed by atoms with van der Waals surface area (Å²) in [5.41, 5.74) is 3.72. The third-order valence-electron chi connectivity index (χ3n) is 3.70. The summed E-state index contributed by atoms with van der Waals surface area (Å²) in [4.78, 5) is 12.6. The van der Waals surface area contributed by atoms with Crippen LogP contribution in [0.1, 0.15) is 11.1 Å². The average molecular weight is 291 g/mol. The zero-order valence-corrected chi connectivity index (χ0v) is 12.0. The lowest BCUT2D eigenvalue weighted by atomic mass is 10.1. The molecule has 0 saturated carbocycles. The van der Waals surface area contributed by atoms with Crippen molar-refractivity contribution in [3.8, 4) is 0 Å². The van der Waals surface area contributed by atoms with Gasteiger partial charge in [0.2, 0.25) is 0 Å². The molecule has 108 valence electrons. The molecule has 0 atom stereocenters. The molecule has 0 aliphatic carbocycles. The van der Waals surface area contributed by atoms with Gasteiger partial charge in [0.15, 0.2) is 11.2 Å². The Morgan fingerprint density at radius 1 is 1.05 bits per heavy atom. The molecule has 4 rings (SSSR count). The van der Waals surface area contributed by atoms with E-state index in [1.54, 1.807) is 27.5 Å². The Morgan fingerprint density at radius 2 is 1.86 bits per heavy atom. The smallest absolute Gasteiger partial charge is 0.280 e. The summed E-state index contributed by atoms with van der Waals surface area (Å²) in [6, 6.07) is 11.7. The van der Waals surface area contributed by atoms with Crippen molar-refractivity contribution < 1.29 is 0 Å². The SMILES string of the molecule is Cc1ccc(Cn2ccc3c(nnc4ccnn43)c2=O)cc1. The lowest BCUT2D eigenvalue weighted by Crippen LogP contribution is -2.22. The summed E-state index contributed by atoms with van der Waals surface area (Å²) in [6.45, 7) is 2.55. The van der Waals surface area contributed by atoms with Gasteiger partial charge in [-0.05, 0) is 18.6 Å². The second kappa shape index (κ2) is 4.77. The molecule has 6 nitrogen and oxygen atoms in total. The normalized spacial score (nSPS) is 11.3. The summed E-state index contributed by atoms with van der Waals surface area (Å²) in [5.74, 6) is 0. The highest BCUT2D eigenvalue weighted by Gasteiger charge is 2.09. The third kappa shape index (κ3) is 1.96. The lowest BCUT2D eigenvalue weighted by Gasteiger charge is -2.07. The van der Waals surface area contributed by atoms with Gasteiger partial charge in [-0.3, -0.25) is 4.79 Å². The second-order valence-corrected chi connectivity index (χ2v) is 5.27. The van der Waals surface area contributed by atoms with Crippen molar-refractivity contribution in [3.05, 3.63) is 70.3 Å². The number of benzene rings is 1. The minimum Gasteiger partial charge on any atom is -0.309 e. The molecular formula is C16H13N5O. The predicted molar refractivity (Wildman–Crippen MR) is 82.8 cm³/mol. The van der Waals surface area contributed by atoms with Crippen LogP contribution in [0.5, 0.6) is 0 Å². The van der Waals surface area contributed by atoms with Crippen LogP contribution < -0.4 is 5.56 Å². The van der Waals surface area contributed by atoms with Gasteiger partial charge in [-0.1, -0.05) is 29.8 Å². The fourth-order valence-electron chi connectivity index (χ4n) is 2.49. The first kappa shape index (κ1) is 12.7. The van der Waals surface area contributed by atoms with Crippen molar-refractivity contribution in [2.75, 3.05) is 0 Å². The van der Waals surface area contributed by atoms with E-state index in [-0.39, 0.29) is 5.56 Å². The van der Waals surface area contributed by atoms with Gasteiger partial charge in [-0.2, -0.15) is 5.10 Å². The van der Waals surface area contributed by atoms with E-state index in [0.29, 0.717) is 23.2 Å². The lowest BCUT2D eigenvalue weighted by molar-refractivity contribution is 0.760. The Labute approximate surface area is 125 Å². The highest BCUT2D eigenvalue weighted by atomic mass is 16.1. The average Bonchev–Trinajstić information content (AvgIpc) is 3.01. The molecule has 0 N–H and O–H groups in total. The van der Waals surface area contributed by atoms with Gasteiger partial charge in [0.05, 0.1) is 12.7 Å². The van der Waals surface area contributed by atoms with E-state index in [1.807, 2.05) is 37.3 Å². The summed E-state index contributed by atoms with van der Waals surface area (Å²) >= 11 is 0. The summed E-state index contributed by atoms with van der Waals surface area (Å²) in [5, 5.41) is 12.3. The third-order valence-corrected chi connectivity index (χ3v) is 3.70. The molecule has 3 heterocycles. The van der Waals surface area contributed by atoms with Gasteiger partial charge in [0, 0.05) is 12.3 Å². The fourth-order valence-corrected chi connectivity index (χ4v) is 2.49. The molecule has 0 amide bonds. The van der Waals surface area contributed by atoms with Crippen molar-refractivity contribution in [2.24, 2.45) is 0 Å². The number of nitrogens with zero attached hydrogens (tertiary/aromatic N) is 5. The topological polar surface area (TPSA) is 65.1 Å². The van der Waals surface area contributed by atoms with Crippen molar-refractivity contribution in [1.29, 1.82) is 0 Å². The van der Waals surface area contributed by atoms with Crippen LogP contribution in [-0.2, 0) is 6.54 Å². The highest BCUT2D eigenvalue weighted by Crippen LogP contribution is 2.09. The van der Waals surface area contributed by atoms with E-state index < -0.39 is 0 Å². The summed E-state index contributed by atoms with van der Waals surface area (Å²) in [7, 11) is 0. The first-order valence-electron chi connectivity index (χ1n) is 6.97. The summed E-state index contributed by atoms with van der Waals surface area (Å²) < 4.78 is 3.26. The number of hydrogen-bond donors (Lipinski definition) is 0. The maximum absolute atomic E-state index is 12.6. The molecule has 0 radical (unpaired) electrons. The molecule has 1 aromatic carbocycles. The molecule has 3 aromatic heterocycles. The Bertz CT molecular complexity index is 1030. The van der Waals surface area contributed by atoms with E-state index in [0.717, 1.165) is 5.56 Å². The Hall–Kier alpha value is -3.02. The van der Waals surface area contributed by atoms with Crippen LogP contribution in [0.4, 0.5) is 0 Å². The van der Waals surface area contributed by atoms with Crippen LogP contribution in [0.2, 0.25) is 0 Å². The van der Waals surface area contributed by atoms with Crippen molar-refractivity contribution in [3.63, 3.8) is 0 Å². The van der Waals surface area contributed by atoms with Gasteiger partial charge in [0.1, 0.15) is 5.52 Å². The van der Waals surface area contributed by atoms with Crippen molar-refractivity contribution in [2.45, 2.75) is 13.5 Å². The molecular weight excluding hydrogens is 278 g/mol. The second-order valence-electron chi connectivity index (χ2n) is 5.27. The number of pyridine rings is 1. The minimum absolute atomic E-state index is 0.164. The van der Waals surface area contributed by atoms with Gasteiger partial charge in [0.25, 0.3) is 5.56 Å². The standard InChI is InChI=1S/C16H13N5O/c1-11-2-4-12(5-3-11)10-20-9-7-13-15(16(20)22)19-18-14-6-8-17-21(13)14/h2-9H,10H2,1H3. The highest BCUT2D eigenvalue weighted by molar-refractivity contribution is 5.74. The first-order valence-corrected chi connectivity index (χ1v) is 6.97. The molecule has 0 aliphatic heterocycles. The fraction of sp³-hybridized carbons (Fsp3) is 0.125. The van der Waals surface area contributed by atoms with Gasteiger partial charge in [-0.25, -0.2) is 4.52 Å². The van der Waals surface area contributed by atoms with E-state index >= 15 is 0 Å². The Kier molecular flexibility index (Phi) is 2.75. The maximum atomic E-state index is 12.6. The van der Waals surface area contributed by atoms with Crippen molar-refractivity contribution in [1.82, 2.24) is 24.4 Å². The molecule has 0 saturated heterocycles. The Morgan fingerprint density at radius 3 is 2.68 bits per heavy atom. The number of hydrogen-bond acceptors (Lipinski definition) is 4. The first-order chi connectivity index (χ1) is 10.7. The van der Waals surface area contributed by atoms with Crippen LogP contribution in [0.3, 0.4) is 0 Å². The van der Waals surface area contributed by atoms with Crippen LogP contribution >= 0.6 is 0 Å². The van der Waals surface area contributed by atoms with Crippen LogP contribution in [0.25, 0.3) is 16.7 Å². The van der Waals surface area contributed by atoms with Gasteiger partial charge in [-0.15, -0.1) is 10.2 Å². The van der Waals surface area contributed by atoms with Crippen molar-refractivity contribution >= 4 is 16.7 Å². The predicted octanol–water partition coefficient (Wildman–Crippen LogP) is 1.80. The van der Waals surface area contributed by atoms with Crippen LogP contribution in [0.15, 0.2) is 53.6 Å². The molecule has 4 aromatic rings. The van der Waals surface area contributed by atoms with Crippen LogP contribution in [0, 0.1) is 6.92 Å². The number of rotatable bonds is 2. The van der Waals surface area contributed by atoms with E-state index in [1.165, 1.54) is 5.56 Å². The van der Waals surface area contributed by atoms with Gasteiger partial charge >= 0.3 is 0 Å². The van der Waals surface area contributed by atoms with E-state index in [4.69, 9.17) is 0 Å². The molecule has 0 fully saturated rings. The van der Waals surface area contributed by atoms with E-state index in [9.17, 15) is 4.79 Å². The van der Waals surface area contributed by atoms with Crippen LogP contribution in [-0.4, -0.2) is 24.4 Å². The monoisotopic (exact) mass is 291 g/mol. The molecule has 0 unspecified atom stereocenters. The number of aromatic nitrogens is 5. The largest absolute Gasteiger partial charge is 0.309 e. The molecule has 0 aliphatic rings. The molecule has 0 spiro atoms. The minimum atomic E-state index is -0.164. The molecule has 0 bridgehead atoms. The number of aryl methyl sites for hydroxylation is 1. The molecule has 6 heteroatoms. The zero-order chi connectivity index (χ0) is 15.1. The zero-order valence-electron chi connectivity index (χ0n) is 12.0.